The number of nitrogens with zero attached hydrogens (tertiary/aromatic N) is 8. The predicted molar refractivity (Wildman–Crippen MR) is 179 cm³/mol. The molecule has 7 rings (SSSR count). The Balaban J connectivity index is 1.21. The van der Waals surface area contributed by atoms with E-state index in [4.69, 9.17) is 4.98 Å². The molecule has 3 aromatic heterocycles. The number of pyridine rings is 1. The molecule has 3 aliphatic rings. The highest BCUT2D eigenvalue weighted by molar-refractivity contribution is 5.84. The smallest absolute Gasteiger partial charge is 0.260 e. The Hall–Kier alpha value is -4.29. The molecule has 1 N–H and O–H groups in total. The van der Waals surface area contributed by atoms with Gasteiger partial charge < -0.3 is 20.0 Å². The van der Waals surface area contributed by atoms with Crippen LogP contribution in [0.3, 0.4) is 0 Å². The average Bonchev–Trinajstić information content (AvgIpc) is 3.63. The lowest BCUT2D eigenvalue weighted by Gasteiger charge is -2.30. The first-order chi connectivity index (χ1) is 22.8. The number of hydrogen-bond acceptors (Lipinski definition) is 9. The van der Waals surface area contributed by atoms with Gasteiger partial charge in [0.1, 0.15) is 18.0 Å². The van der Waals surface area contributed by atoms with Gasteiger partial charge in [0, 0.05) is 49.0 Å². The molecule has 3 aliphatic heterocycles. The van der Waals surface area contributed by atoms with Crippen molar-refractivity contribution in [3.63, 3.8) is 0 Å². The molecule has 1 unspecified atom stereocenters. The molecule has 0 radical (unpaired) electrons. The number of nitrogens with one attached hydrogen (secondary N) is 1. The lowest BCUT2D eigenvalue weighted by atomic mass is 9.91. The first kappa shape index (κ1) is 31.3. The van der Waals surface area contributed by atoms with Crippen LogP contribution in [0.25, 0.3) is 22.2 Å². The third-order valence-electron chi connectivity index (χ3n) is 9.98. The molecule has 11 nitrogen and oxygen atoms in total. The minimum Gasteiger partial charge on any atom is -0.341 e. The topological polar surface area (TPSA) is 112 Å². The predicted octanol–water partition coefficient (Wildman–Crippen LogP) is 4.37. The molecule has 1 amide bonds. The minimum atomic E-state index is -0.745. The highest BCUT2D eigenvalue weighted by Gasteiger charge is 2.25. The molecule has 4 aromatic rings. The normalized spacial score (nSPS) is 19.8. The maximum absolute atomic E-state index is 15.6. The summed E-state index contributed by atoms with van der Waals surface area (Å²) in [5.74, 6) is 0.430. The van der Waals surface area contributed by atoms with Crippen LogP contribution >= 0.6 is 0 Å². The van der Waals surface area contributed by atoms with Crippen LogP contribution in [-0.2, 0) is 11.3 Å². The number of likely N-dealkylation sites (tertiary alicyclic amines) is 3. The summed E-state index contributed by atoms with van der Waals surface area (Å²) in [5.41, 5.74) is 1.98. The number of halogens is 1. The highest BCUT2D eigenvalue weighted by atomic mass is 19.1. The van der Waals surface area contributed by atoms with E-state index in [1.165, 1.54) is 29.2 Å². The van der Waals surface area contributed by atoms with Crippen molar-refractivity contribution in [3.8, 4) is 11.1 Å². The number of carbonyl (C=O) groups excluding carboxylic acids is 1. The van der Waals surface area contributed by atoms with Gasteiger partial charge in [0.2, 0.25) is 17.8 Å². The zero-order valence-corrected chi connectivity index (χ0v) is 27.2. The Kier molecular flexibility index (Phi) is 8.96. The van der Waals surface area contributed by atoms with Crippen LogP contribution in [0.1, 0.15) is 61.7 Å². The number of benzene rings is 1. The second-order valence-electron chi connectivity index (χ2n) is 13.4. The SMILES string of the molecule is CN1CCC(c2ncc(-c3cc4cnc(Nc5ccc(C6CCCN(C)C6)cc5)nc4n(CC(=O)N4CCCC4)c3=O)c(F)n2)CC1. The molecule has 0 bridgehead atoms. The molecule has 0 saturated carbocycles. The molecule has 1 aromatic carbocycles. The van der Waals surface area contributed by atoms with Crippen molar-refractivity contribution in [2.24, 2.45) is 0 Å². The van der Waals surface area contributed by atoms with Crippen LogP contribution < -0.4 is 10.9 Å². The summed E-state index contributed by atoms with van der Waals surface area (Å²) in [7, 11) is 4.23. The molecular formula is C35H42FN9O2. The van der Waals surface area contributed by atoms with Gasteiger partial charge in [-0.2, -0.15) is 9.37 Å². The quantitative estimate of drug-likeness (QED) is 0.295. The van der Waals surface area contributed by atoms with E-state index in [9.17, 15) is 9.59 Å². The number of amides is 1. The second-order valence-corrected chi connectivity index (χ2v) is 13.4. The van der Waals surface area contributed by atoms with Crippen LogP contribution in [-0.4, -0.2) is 98.5 Å². The fourth-order valence-corrected chi connectivity index (χ4v) is 7.18. The van der Waals surface area contributed by atoms with E-state index < -0.39 is 11.5 Å². The molecule has 246 valence electrons. The number of piperidine rings is 2. The summed E-state index contributed by atoms with van der Waals surface area (Å²) in [6, 6.07) is 9.88. The molecular weight excluding hydrogens is 597 g/mol. The Morgan fingerprint density at radius 3 is 2.36 bits per heavy atom. The number of rotatable bonds is 7. The standard InChI is InChI=1S/C35H42FN9O2/c1-42-16-11-24(12-17-42)32-37-20-29(31(36)40-32)28-18-26-19-38-35(39-27-9-7-23(8-10-27)25-6-5-13-43(2)21-25)41-33(26)45(34(28)47)22-30(46)44-14-3-4-15-44/h7-10,18-20,24-25H,3-6,11-17,21-22H2,1-2H3,(H,38,39,41). The Morgan fingerprint density at radius 1 is 0.872 bits per heavy atom. The second kappa shape index (κ2) is 13.4. The van der Waals surface area contributed by atoms with E-state index in [1.807, 2.05) is 12.1 Å². The molecule has 1 atom stereocenters. The maximum Gasteiger partial charge on any atom is 0.260 e. The summed E-state index contributed by atoms with van der Waals surface area (Å²) in [6.07, 6.45) is 8.94. The van der Waals surface area contributed by atoms with Gasteiger partial charge in [0.15, 0.2) is 0 Å². The summed E-state index contributed by atoms with van der Waals surface area (Å²) in [5, 5.41) is 3.77. The van der Waals surface area contributed by atoms with Gasteiger partial charge in [-0.3, -0.25) is 14.2 Å². The van der Waals surface area contributed by atoms with Crippen molar-refractivity contribution in [3.05, 3.63) is 70.4 Å². The lowest BCUT2D eigenvalue weighted by Crippen LogP contribution is -2.35. The molecule has 3 saturated heterocycles. The van der Waals surface area contributed by atoms with E-state index >= 15 is 4.39 Å². The summed E-state index contributed by atoms with van der Waals surface area (Å²) < 4.78 is 17.0. The number of fused-ring (bicyclic) bond motifs is 1. The largest absolute Gasteiger partial charge is 0.341 e. The van der Waals surface area contributed by atoms with Crippen molar-refractivity contribution in [2.75, 3.05) is 58.7 Å². The van der Waals surface area contributed by atoms with E-state index in [2.05, 4.69) is 56.3 Å². The van der Waals surface area contributed by atoms with Gasteiger partial charge in [0.25, 0.3) is 5.56 Å². The Bertz CT molecular complexity index is 1810. The van der Waals surface area contributed by atoms with Gasteiger partial charge in [-0.25, -0.2) is 15.0 Å². The van der Waals surface area contributed by atoms with Gasteiger partial charge in [-0.05, 0) is 102 Å². The van der Waals surface area contributed by atoms with E-state index in [-0.39, 0.29) is 29.5 Å². The summed E-state index contributed by atoms with van der Waals surface area (Å²) in [4.78, 5) is 51.7. The van der Waals surface area contributed by atoms with Crippen molar-refractivity contribution in [1.82, 2.24) is 39.2 Å². The Labute approximate surface area is 273 Å². The molecule has 0 aliphatic carbocycles. The van der Waals surface area contributed by atoms with Gasteiger partial charge in [-0.1, -0.05) is 12.1 Å². The van der Waals surface area contributed by atoms with Crippen LogP contribution in [0.5, 0.6) is 0 Å². The minimum absolute atomic E-state index is 0.00222. The van der Waals surface area contributed by atoms with Crippen LogP contribution in [0, 0.1) is 5.95 Å². The number of hydrogen-bond donors (Lipinski definition) is 1. The van der Waals surface area contributed by atoms with E-state index in [0.717, 1.165) is 57.5 Å². The molecule has 12 heteroatoms. The molecule has 0 spiro atoms. The number of likely N-dealkylation sites (N-methyl/N-ethyl adjacent to an activating group) is 1. The van der Waals surface area contributed by atoms with Gasteiger partial charge >= 0.3 is 0 Å². The fourth-order valence-electron chi connectivity index (χ4n) is 7.18. The molecule has 3 fully saturated rings. The monoisotopic (exact) mass is 639 g/mol. The number of aromatic nitrogens is 5. The third kappa shape index (κ3) is 6.75. The fraction of sp³-hybridized carbons (Fsp3) is 0.486. The van der Waals surface area contributed by atoms with Crippen molar-refractivity contribution < 1.29 is 9.18 Å². The van der Waals surface area contributed by atoms with E-state index in [0.29, 0.717) is 41.8 Å². The van der Waals surface area contributed by atoms with Crippen molar-refractivity contribution in [1.29, 1.82) is 0 Å². The number of anilines is 2. The number of carbonyl (C=O) groups is 1. The summed E-state index contributed by atoms with van der Waals surface area (Å²) >= 11 is 0. The highest BCUT2D eigenvalue weighted by Crippen LogP contribution is 2.30. The molecule has 6 heterocycles. The van der Waals surface area contributed by atoms with Gasteiger partial charge in [-0.15, -0.1) is 0 Å². The summed E-state index contributed by atoms with van der Waals surface area (Å²) in [6.45, 7) is 5.09. The first-order valence-electron chi connectivity index (χ1n) is 16.8. The first-order valence-corrected chi connectivity index (χ1v) is 16.8. The maximum atomic E-state index is 15.6. The lowest BCUT2D eigenvalue weighted by molar-refractivity contribution is -0.130. The zero-order valence-electron chi connectivity index (χ0n) is 27.2. The van der Waals surface area contributed by atoms with Crippen molar-refractivity contribution in [2.45, 2.75) is 56.9 Å². The average molecular weight is 640 g/mol. The van der Waals surface area contributed by atoms with Gasteiger partial charge in [0.05, 0.1) is 11.1 Å². The van der Waals surface area contributed by atoms with Crippen LogP contribution in [0.15, 0.2) is 47.5 Å². The van der Waals surface area contributed by atoms with Crippen LogP contribution in [0.2, 0.25) is 0 Å². The Morgan fingerprint density at radius 2 is 1.64 bits per heavy atom. The third-order valence-corrected chi connectivity index (χ3v) is 9.98. The molecule has 47 heavy (non-hydrogen) atoms. The van der Waals surface area contributed by atoms with E-state index in [1.54, 1.807) is 17.2 Å². The zero-order chi connectivity index (χ0) is 32.5. The van der Waals surface area contributed by atoms with Crippen LogP contribution in [0.4, 0.5) is 16.0 Å². The van der Waals surface area contributed by atoms with Crippen molar-refractivity contribution >= 4 is 28.6 Å².